The van der Waals surface area contributed by atoms with E-state index in [0.717, 1.165) is 24.7 Å². The summed E-state index contributed by atoms with van der Waals surface area (Å²) in [5.74, 6) is 2.13. The summed E-state index contributed by atoms with van der Waals surface area (Å²) in [6.45, 7) is 3.70. The fourth-order valence-electron chi connectivity index (χ4n) is 1.86. The molecule has 0 saturated carbocycles. The second kappa shape index (κ2) is 6.67. The highest BCUT2D eigenvalue weighted by molar-refractivity contribution is 7.98. The second-order valence-corrected chi connectivity index (χ2v) is 4.99. The number of hydrogen-bond acceptors (Lipinski definition) is 2. The Hall–Kier alpha value is -0.990. The molecule has 0 aliphatic rings. The van der Waals surface area contributed by atoms with Gasteiger partial charge in [0.1, 0.15) is 0 Å². The zero-order valence-electron chi connectivity index (χ0n) is 10.2. The standard InChI is InChI=1S/C15H18OS/c1-2-16-10-11-17-12-14-8-5-7-13-6-3-4-9-15(13)14/h3-9H,2,10-12H2,1H3. The Bertz CT molecular complexity index is 462. The van der Waals surface area contributed by atoms with Gasteiger partial charge < -0.3 is 4.74 Å². The van der Waals surface area contributed by atoms with Crippen LogP contribution in [0.2, 0.25) is 0 Å². The molecule has 0 aliphatic heterocycles. The van der Waals surface area contributed by atoms with Crippen molar-refractivity contribution in [3.63, 3.8) is 0 Å². The number of hydrogen-bond donors (Lipinski definition) is 0. The monoisotopic (exact) mass is 246 g/mol. The summed E-state index contributed by atoms with van der Waals surface area (Å²) in [5, 5.41) is 2.70. The number of ether oxygens (including phenoxy) is 1. The Morgan fingerprint density at radius 1 is 1.06 bits per heavy atom. The van der Waals surface area contributed by atoms with E-state index >= 15 is 0 Å². The van der Waals surface area contributed by atoms with E-state index in [1.54, 1.807) is 0 Å². The van der Waals surface area contributed by atoms with Crippen molar-refractivity contribution in [1.29, 1.82) is 0 Å². The summed E-state index contributed by atoms with van der Waals surface area (Å²) in [4.78, 5) is 0. The molecule has 1 nitrogen and oxygen atoms in total. The van der Waals surface area contributed by atoms with Crippen LogP contribution >= 0.6 is 11.8 Å². The molecule has 0 aromatic heterocycles. The molecule has 0 unspecified atom stereocenters. The first-order valence-corrected chi connectivity index (χ1v) is 7.19. The van der Waals surface area contributed by atoms with E-state index in [0.29, 0.717) is 0 Å². The fraction of sp³-hybridized carbons (Fsp3) is 0.333. The molecule has 0 spiro atoms. The Morgan fingerprint density at radius 3 is 2.76 bits per heavy atom. The van der Waals surface area contributed by atoms with Crippen LogP contribution in [-0.2, 0) is 10.5 Å². The third-order valence-corrected chi connectivity index (χ3v) is 3.68. The maximum atomic E-state index is 5.34. The molecule has 2 heteroatoms. The lowest BCUT2D eigenvalue weighted by atomic mass is 10.1. The molecule has 0 heterocycles. The van der Waals surface area contributed by atoms with Crippen LogP contribution in [0.3, 0.4) is 0 Å². The van der Waals surface area contributed by atoms with Crippen LogP contribution in [0.1, 0.15) is 12.5 Å². The van der Waals surface area contributed by atoms with Gasteiger partial charge in [-0.3, -0.25) is 0 Å². The quantitative estimate of drug-likeness (QED) is 0.709. The average molecular weight is 246 g/mol. The highest BCUT2D eigenvalue weighted by Crippen LogP contribution is 2.22. The molecule has 0 amide bonds. The van der Waals surface area contributed by atoms with Crippen LogP contribution in [0, 0.1) is 0 Å². The van der Waals surface area contributed by atoms with Gasteiger partial charge in [0.2, 0.25) is 0 Å². The lowest BCUT2D eigenvalue weighted by Crippen LogP contribution is -1.96. The van der Waals surface area contributed by atoms with Crippen molar-refractivity contribution >= 4 is 22.5 Å². The summed E-state index contributed by atoms with van der Waals surface area (Å²) < 4.78 is 5.34. The van der Waals surface area contributed by atoms with E-state index in [1.807, 2.05) is 18.7 Å². The molecule has 17 heavy (non-hydrogen) atoms. The Morgan fingerprint density at radius 2 is 1.88 bits per heavy atom. The van der Waals surface area contributed by atoms with Crippen molar-refractivity contribution in [3.05, 3.63) is 48.0 Å². The highest BCUT2D eigenvalue weighted by atomic mass is 32.2. The smallest absolute Gasteiger partial charge is 0.0556 e. The van der Waals surface area contributed by atoms with E-state index in [1.165, 1.54) is 16.3 Å². The molecular weight excluding hydrogens is 228 g/mol. The molecule has 0 N–H and O–H groups in total. The molecule has 2 aromatic rings. The molecule has 0 saturated heterocycles. The van der Waals surface area contributed by atoms with E-state index in [2.05, 4.69) is 42.5 Å². The average Bonchev–Trinajstić information content (AvgIpc) is 2.39. The second-order valence-electron chi connectivity index (χ2n) is 3.89. The van der Waals surface area contributed by atoms with E-state index in [-0.39, 0.29) is 0 Å². The summed E-state index contributed by atoms with van der Waals surface area (Å²) in [5.41, 5.74) is 1.42. The largest absolute Gasteiger partial charge is 0.381 e. The Labute approximate surface area is 107 Å². The zero-order chi connectivity index (χ0) is 11.9. The minimum absolute atomic E-state index is 0.814. The predicted molar refractivity (Wildman–Crippen MR) is 76.6 cm³/mol. The minimum Gasteiger partial charge on any atom is -0.381 e. The van der Waals surface area contributed by atoms with E-state index in [4.69, 9.17) is 4.74 Å². The molecule has 0 fully saturated rings. The summed E-state index contributed by atoms with van der Waals surface area (Å²) >= 11 is 1.94. The molecule has 0 aliphatic carbocycles. The van der Waals surface area contributed by atoms with Crippen molar-refractivity contribution in [2.75, 3.05) is 19.0 Å². The van der Waals surface area contributed by atoms with Crippen LogP contribution in [0.5, 0.6) is 0 Å². The number of rotatable bonds is 6. The summed E-state index contributed by atoms with van der Waals surface area (Å²) in [6.07, 6.45) is 0. The topological polar surface area (TPSA) is 9.23 Å². The fourth-order valence-corrected chi connectivity index (χ4v) is 2.71. The normalized spacial score (nSPS) is 10.9. The van der Waals surface area contributed by atoms with Crippen LogP contribution in [0.15, 0.2) is 42.5 Å². The minimum atomic E-state index is 0.814. The number of benzene rings is 2. The van der Waals surface area contributed by atoms with Gasteiger partial charge in [-0.15, -0.1) is 0 Å². The first kappa shape index (κ1) is 12.5. The van der Waals surface area contributed by atoms with Gasteiger partial charge in [-0.2, -0.15) is 11.8 Å². The van der Waals surface area contributed by atoms with Gasteiger partial charge in [-0.1, -0.05) is 42.5 Å². The van der Waals surface area contributed by atoms with Crippen LogP contribution < -0.4 is 0 Å². The molecule has 0 atom stereocenters. The van der Waals surface area contributed by atoms with Gasteiger partial charge in [-0.05, 0) is 23.3 Å². The third kappa shape index (κ3) is 3.48. The maximum absolute atomic E-state index is 5.34. The summed E-state index contributed by atoms with van der Waals surface area (Å²) in [7, 11) is 0. The van der Waals surface area contributed by atoms with Crippen molar-refractivity contribution in [2.24, 2.45) is 0 Å². The van der Waals surface area contributed by atoms with Gasteiger partial charge in [0.25, 0.3) is 0 Å². The molecule has 0 bridgehead atoms. The van der Waals surface area contributed by atoms with E-state index < -0.39 is 0 Å². The van der Waals surface area contributed by atoms with Gasteiger partial charge in [0.15, 0.2) is 0 Å². The van der Waals surface area contributed by atoms with Gasteiger partial charge in [0, 0.05) is 18.1 Å². The number of thioether (sulfide) groups is 1. The van der Waals surface area contributed by atoms with Crippen molar-refractivity contribution in [3.8, 4) is 0 Å². The van der Waals surface area contributed by atoms with Crippen LogP contribution in [-0.4, -0.2) is 19.0 Å². The SMILES string of the molecule is CCOCCSCc1cccc2ccccc12. The molecular formula is C15H18OS. The zero-order valence-corrected chi connectivity index (χ0v) is 11.0. The maximum Gasteiger partial charge on any atom is 0.0556 e. The lowest BCUT2D eigenvalue weighted by Gasteiger charge is -2.06. The Kier molecular flexibility index (Phi) is 4.89. The highest BCUT2D eigenvalue weighted by Gasteiger charge is 1.99. The first-order valence-electron chi connectivity index (χ1n) is 6.04. The third-order valence-electron chi connectivity index (χ3n) is 2.71. The van der Waals surface area contributed by atoms with Crippen molar-refractivity contribution in [1.82, 2.24) is 0 Å². The molecule has 0 radical (unpaired) electrons. The van der Waals surface area contributed by atoms with Gasteiger partial charge >= 0.3 is 0 Å². The van der Waals surface area contributed by atoms with Gasteiger partial charge in [-0.25, -0.2) is 0 Å². The molecule has 90 valence electrons. The molecule has 2 aromatic carbocycles. The van der Waals surface area contributed by atoms with Crippen molar-refractivity contribution in [2.45, 2.75) is 12.7 Å². The lowest BCUT2D eigenvalue weighted by molar-refractivity contribution is 0.164. The van der Waals surface area contributed by atoms with Crippen LogP contribution in [0.25, 0.3) is 10.8 Å². The first-order chi connectivity index (χ1) is 8.42. The summed E-state index contributed by atoms with van der Waals surface area (Å²) in [6, 6.07) is 15.1. The number of fused-ring (bicyclic) bond motifs is 1. The molecule has 2 rings (SSSR count). The van der Waals surface area contributed by atoms with E-state index in [9.17, 15) is 0 Å². The van der Waals surface area contributed by atoms with Gasteiger partial charge in [0.05, 0.1) is 6.61 Å². The van der Waals surface area contributed by atoms with Crippen molar-refractivity contribution < 1.29 is 4.74 Å². The predicted octanol–water partition coefficient (Wildman–Crippen LogP) is 4.11. The Balaban J connectivity index is 1.98. The van der Waals surface area contributed by atoms with Crippen LogP contribution in [0.4, 0.5) is 0 Å².